The van der Waals surface area contributed by atoms with Crippen LogP contribution in [0.4, 0.5) is 0 Å². The van der Waals surface area contributed by atoms with Gasteiger partial charge < -0.3 is 10.2 Å². The van der Waals surface area contributed by atoms with Crippen LogP contribution in [0.5, 0.6) is 0 Å². The number of nitrogens with one attached hydrogen (secondary N) is 1. The molecule has 0 aromatic carbocycles. The maximum absolute atomic E-state index is 4.84. The van der Waals surface area contributed by atoms with Gasteiger partial charge in [0.15, 0.2) is 5.96 Å². The van der Waals surface area contributed by atoms with Gasteiger partial charge in [-0.15, -0.1) is 35.3 Å². The zero-order chi connectivity index (χ0) is 17.0. The van der Waals surface area contributed by atoms with Gasteiger partial charge in [0.05, 0.1) is 10.7 Å². The van der Waals surface area contributed by atoms with Gasteiger partial charge in [-0.1, -0.05) is 0 Å². The lowest BCUT2D eigenvalue weighted by Gasteiger charge is -2.39. The molecular weight excluding hydrogens is 463 g/mol. The van der Waals surface area contributed by atoms with Crippen LogP contribution in [0.3, 0.4) is 0 Å². The number of rotatable bonds is 4. The number of hydrogen-bond donors (Lipinski definition) is 1. The van der Waals surface area contributed by atoms with Crippen molar-refractivity contribution in [3.05, 3.63) is 15.6 Å². The maximum Gasteiger partial charge on any atom is 0.193 e. The monoisotopic (exact) mass is 494 g/mol. The summed E-state index contributed by atoms with van der Waals surface area (Å²) in [6.07, 6.45) is 7.32. The molecule has 0 amide bonds. The Kier molecular flexibility index (Phi) is 8.33. The summed E-state index contributed by atoms with van der Waals surface area (Å²) in [6, 6.07) is 0. The highest BCUT2D eigenvalue weighted by Gasteiger charge is 2.28. The first-order valence-corrected chi connectivity index (χ1v) is 10.9. The number of thiazole rings is 1. The van der Waals surface area contributed by atoms with Gasteiger partial charge in [0.2, 0.25) is 0 Å². The van der Waals surface area contributed by atoms with E-state index in [0.717, 1.165) is 38.4 Å². The van der Waals surface area contributed by atoms with Crippen LogP contribution >= 0.6 is 47.1 Å². The topological polar surface area (TPSA) is 40.5 Å². The van der Waals surface area contributed by atoms with Gasteiger partial charge in [0, 0.05) is 48.5 Å². The third-order valence-corrected chi connectivity index (χ3v) is 7.19. The minimum absolute atomic E-state index is 0. The Hall–Kier alpha value is -0.0200. The van der Waals surface area contributed by atoms with Crippen LogP contribution in [0, 0.1) is 0 Å². The third-order valence-electron chi connectivity index (χ3n) is 4.68. The molecule has 3 rings (SSSR count). The van der Waals surface area contributed by atoms with E-state index >= 15 is 0 Å². The molecule has 25 heavy (non-hydrogen) atoms. The van der Waals surface area contributed by atoms with Gasteiger partial charge in [-0.2, -0.15) is 11.8 Å². The van der Waals surface area contributed by atoms with E-state index in [1.807, 2.05) is 18.4 Å². The number of nitrogens with zero attached hydrogens (tertiary/aromatic N) is 3. The molecule has 2 aliphatic rings. The molecular formula is C18H31IN4S2. The summed E-state index contributed by atoms with van der Waals surface area (Å²) in [5.41, 5.74) is 1.39. The second-order valence-electron chi connectivity index (χ2n) is 7.29. The number of fused-ring (bicyclic) bond motifs is 1. The first-order valence-electron chi connectivity index (χ1n) is 9.14. The van der Waals surface area contributed by atoms with Crippen molar-refractivity contribution in [1.29, 1.82) is 0 Å². The summed E-state index contributed by atoms with van der Waals surface area (Å²) in [7, 11) is 1.89. The SMILES string of the molecule is CN=C(NCCCc1nc2c(s1)CCCC2)N1CCSC(C)(C)C1.I. The number of halogens is 1. The van der Waals surface area contributed by atoms with Crippen molar-refractivity contribution in [2.24, 2.45) is 4.99 Å². The van der Waals surface area contributed by atoms with Crippen LogP contribution in [0.1, 0.15) is 48.7 Å². The fourth-order valence-corrected chi connectivity index (χ4v) is 5.79. The summed E-state index contributed by atoms with van der Waals surface area (Å²) in [5.74, 6) is 2.24. The molecule has 1 aromatic rings. The Morgan fingerprint density at radius 1 is 1.32 bits per heavy atom. The highest BCUT2D eigenvalue weighted by atomic mass is 127. The molecule has 1 aliphatic carbocycles. The molecule has 1 saturated heterocycles. The van der Waals surface area contributed by atoms with Crippen molar-refractivity contribution < 1.29 is 0 Å². The number of guanidine groups is 1. The maximum atomic E-state index is 4.84. The van der Waals surface area contributed by atoms with E-state index in [-0.39, 0.29) is 24.0 Å². The molecule has 7 heteroatoms. The van der Waals surface area contributed by atoms with Crippen molar-refractivity contribution in [3.63, 3.8) is 0 Å². The van der Waals surface area contributed by atoms with E-state index in [2.05, 4.69) is 40.8 Å². The average Bonchev–Trinajstić information content (AvgIpc) is 2.96. The molecule has 142 valence electrons. The third kappa shape index (κ3) is 5.99. The molecule has 1 aliphatic heterocycles. The minimum atomic E-state index is 0. The van der Waals surface area contributed by atoms with Gasteiger partial charge in [-0.25, -0.2) is 4.98 Å². The number of thioether (sulfide) groups is 1. The Morgan fingerprint density at radius 2 is 2.12 bits per heavy atom. The van der Waals surface area contributed by atoms with Crippen molar-refractivity contribution in [2.75, 3.05) is 32.4 Å². The fraction of sp³-hybridized carbons (Fsp3) is 0.778. The Labute approximate surface area is 177 Å². The Balaban J connectivity index is 0.00000225. The second-order valence-corrected chi connectivity index (χ2v) is 10.3. The molecule has 0 radical (unpaired) electrons. The van der Waals surface area contributed by atoms with E-state index in [4.69, 9.17) is 4.98 Å². The zero-order valence-corrected chi connectivity index (χ0v) is 19.6. The molecule has 0 bridgehead atoms. The summed E-state index contributed by atoms with van der Waals surface area (Å²) in [4.78, 5) is 13.3. The number of aromatic nitrogens is 1. The molecule has 1 fully saturated rings. The molecule has 1 aromatic heterocycles. The van der Waals surface area contributed by atoms with Crippen LogP contribution < -0.4 is 5.32 Å². The molecule has 0 spiro atoms. The van der Waals surface area contributed by atoms with Crippen LogP contribution in [0.15, 0.2) is 4.99 Å². The van der Waals surface area contributed by atoms with E-state index in [1.54, 1.807) is 4.88 Å². The quantitative estimate of drug-likeness (QED) is 0.298. The first kappa shape index (κ1) is 21.3. The highest BCUT2D eigenvalue weighted by molar-refractivity contribution is 14.0. The van der Waals surface area contributed by atoms with Crippen molar-refractivity contribution in [2.45, 2.75) is 57.1 Å². The predicted octanol–water partition coefficient (Wildman–Crippen LogP) is 3.98. The molecule has 4 nitrogen and oxygen atoms in total. The number of aryl methyl sites for hydroxylation is 3. The minimum Gasteiger partial charge on any atom is -0.356 e. The summed E-state index contributed by atoms with van der Waals surface area (Å²) in [6.45, 7) is 7.77. The lowest BCUT2D eigenvalue weighted by molar-refractivity contribution is 0.375. The first-order chi connectivity index (χ1) is 11.6. The second kappa shape index (κ2) is 9.78. The van der Waals surface area contributed by atoms with Gasteiger partial charge in [-0.05, 0) is 46.0 Å². The van der Waals surface area contributed by atoms with Gasteiger partial charge >= 0.3 is 0 Å². The molecule has 2 heterocycles. The fourth-order valence-electron chi connectivity index (χ4n) is 3.48. The molecule has 1 N–H and O–H groups in total. The van der Waals surface area contributed by atoms with E-state index in [1.165, 1.54) is 42.1 Å². The van der Waals surface area contributed by atoms with Crippen LogP contribution in [0.25, 0.3) is 0 Å². The van der Waals surface area contributed by atoms with Gasteiger partial charge in [0.25, 0.3) is 0 Å². The molecule has 0 unspecified atom stereocenters. The standard InChI is InChI=1S/C18H30N4S2.HI/c1-18(2)13-22(11-12-23-18)17(19-3)20-10-6-9-16-21-14-7-4-5-8-15(14)24-16;/h4-13H2,1-3H3,(H,19,20);1H. The Morgan fingerprint density at radius 3 is 2.84 bits per heavy atom. The van der Waals surface area contributed by atoms with Crippen molar-refractivity contribution in [1.82, 2.24) is 15.2 Å². The summed E-state index contributed by atoms with van der Waals surface area (Å²) in [5, 5.41) is 4.88. The van der Waals surface area contributed by atoms with Crippen molar-refractivity contribution in [3.8, 4) is 0 Å². The smallest absolute Gasteiger partial charge is 0.193 e. The van der Waals surface area contributed by atoms with E-state index in [9.17, 15) is 0 Å². The van der Waals surface area contributed by atoms with Gasteiger partial charge in [0.1, 0.15) is 0 Å². The lowest BCUT2D eigenvalue weighted by atomic mass is 10.0. The van der Waals surface area contributed by atoms with Gasteiger partial charge in [-0.3, -0.25) is 4.99 Å². The van der Waals surface area contributed by atoms with Crippen LogP contribution in [-0.4, -0.2) is 53.0 Å². The van der Waals surface area contributed by atoms with Crippen LogP contribution in [-0.2, 0) is 19.3 Å². The molecule has 0 saturated carbocycles. The lowest BCUT2D eigenvalue weighted by Crippen LogP contribution is -2.51. The Bertz CT molecular complexity index is 562. The van der Waals surface area contributed by atoms with Crippen LogP contribution in [0.2, 0.25) is 0 Å². The number of hydrogen-bond acceptors (Lipinski definition) is 4. The highest BCUT2D eigenvalue weighted by Crippen LogP contribution is 2.29. The van der Waals surface area contributed by atoms with E-state index in [0.29, 0.717) is 4.75 Å². The number of aliphatic imine (C=N–C) groups is 1. The predicted molar refractivity (Wildman–Crippen MR) is 122 cm³/mol. The largest absolute Gasteiger partial charge is 0.356 e. The molecule has 0 atom stereocenters. The summed E-state index contributed by atoms with van der Waals surface area (Å²) < 4.78 is 0.315. The average molecular weight is 495 g/mol. The van der Waals surface area contributed by atoms with E-state index < -0.39 is 0 Å². The normalized spacial score (nSPS) is 20.0. The van der Waals surface area contributed by atoms with Crippen molar-refractivity contribution >= 4 is 53.0 Å². The summed E-state index contributed by atoms with van der Waals surface area (Å²) >= 11 is 4.00. The zero-order valence-electron chi connectivity index (χ0n) is 15.6.